The van der Waals surface area contributed by atoms with E-state index in [4.69, 9.17) is 9.84 Å². The van der Waals surface area contributed by atoms with E-state index < -0.39 is 11.9 Å². The number of hydrogen-bond acceptors (Lipinski definition) is 4. The summed E-state index contributed by atoms with van der Waals surface area (Å²) in [6.45, 7) is 0.463. The molecule has 0 aliphatic heterocycles. The second kappa shape index (κ2) is 13.2. The molecule has 0 heterocycles. The molecule has 0 amide bonds. The zero-order valence-corrected chi connectivity index (χ0v) is 19.9. The third-order valence-electron chi connectivity index (χ3n) is 5.83. The number of rotatable bonds is 14. The summed E-state index contributed by atoms with van der Waals surface area (Å²) in [7, 11) is 0. The molecule has 0 radical (unpaired) electrons. The zero-order chi connectivity index (χ0) is 25.9. The smallest absolute Gasteiger partial charge is 0.335 e. The van der Waals surface area contributed by atoms with Crippen LogP contribution in [-0.4, -0.2) is 34.5 Å². The molecule has 3 aromatic carbocycles. The van der Waals surface area contributed by atoms with Gasteiger partial charge in [0.1, 0.15) is 11.6 Å². The molecule has 0 aromatic heterocycles. The van der Waals surface area contributed by atoms with E-state index in [9.17, 15) is 23.9 Å². The average Bonchev–Trinajstić information content (AvgIpc) is 2.88. The monoisotopic (exact) mass is 492 g/mol. The third kappa shape index (κ3) is 8.05. The van der Waals surface area contributed by atoms with Crippen molar-refractivity contribution in [1.82, 2.24) is 0 Å². The highest BCUT2D eigenvalue weighted by Crippen LogP contribution is 2.24. The van der Waals surface area contributed by atoms with E-state index in [0.29, 0.717) is 23.5 Å². The van der Waals surface area contributed by atoms with Gasteiger partial charge in [0, 0.05) is 17.5 Å². The summed E-state index contributed by atoms with van der Waals surface area (Å²) >= 11 is 0. The molecular formula is C29H29FO6. The number of ketones is 1. The number of halogens is 1. The van der Waals surface area contributed by atoms with Gasteiger partial charge < -0.3 is 14.9 Å². The fraction of sp³-hybridized carbons (Fsp3) is 0.276. The zero-order valence-electron chi connectivity index (χ0n) is 19.9. The van der Waals surface area contributed by atoms with Gasteiger partial charge in [-0.25, -0.2) is 9.18 Å². The van der Waals surface area contributed by atoms with E-state index in [2.05, 4.69) is 0 Å². The highest BCUT2D eigenvalue weighted by molar-refractivity contribution is 6.10. The number of carbonyl (C=O) groups is 3. The van der Waals surface area contributed by atoms with Crippen molar-refractivity contribution < 1.29 is 33.7 Å². The number of aliphatic carboxylic acids is 1. The molecule has 36 heavy (non-hydrogen) atoms. The summed E-state index contributed by atoms with van der Waals surface area (Å²) in [6, 6.07) is 17.2. The number of carboxylic acids is 2. The lowest BCUT2D eigenvalue weighted by Crippen LogP contribution is -2.07. The van der Waals surface area contributed by atoms with E-state index in [1.807, 2.05) is 0 Å². The molecule has 0 saturated carbocycles. The first-order chi connectivity index (χ1) is 17.3. The molecule has 0 spiro atoms. The van der Waals surface area contributed by atoms with Crippen LogP contribution in [0.2, 0.25) is 0 Å². The van der Waals surface area contributed by atoms with Crippen LogP contribution in [0, 0.1) is 5.82 Å². The maximum atomic E-state index is 13.0. The van der Waals surface area contributed by atoms with Crippen molar-refractivity contribution in [3.8, 4) is 5.75 Å². The Balaban J connectivity index is 1.57. The lowest BCUT2D eigenvalue weighted by atomic mass is 9.98. The van der Waals surface area contributed by atoms with Crippen LogP contribution in [-0.2, 0) is 17.6 Å². The highest BCUT2D eigenvalue weighted by atomic mass is 19.1. The predicted octanol–water partition coefficient (Wildman–Crippen LogP) is 5.95. The van der Waals surface area contributed by atoms with Crippen molar-refractivity contribution in [3.05, 3.63) is 100 Å². The van der Waals surface area contributed by atoms with Crippen molar-refractivity contribution in [1.29, 1.82) is 0 Å². The Hall–Kier alpha value is -4.00. The van der Waals surface area contributed by atoms with Crippen LogP contribution in [0.1, 0.15) is 69.5 Å². The summed E-state index contributed by atoms with van der Waals surface area (Å²) in [4.78, 5) is 35.3. The standard InChI is InChI=1S/C29H29FO6/c30-25-13-9-20(10-14-25)6-3-1-2-4-17-36-26-15-11-23(18-21(26)12-16-27(31)32)28(33)22-7-5-8-24(19-22)29(34)35/h5,7-11,13-15,18-19H,1-4,6,12,16-17H2,(H,31,32)(H,34,35). The minimum Gasteiger partial charge on any atom is -0.493 e. The molecule has 0 aliphatic rings. The number of ether oxygens (including phenoxy) is 1. The number of aromatic carboxylic acids is 1. The lowest BCUT2D eigenvalue weighted by Gasteiger charge is -2.13. The molecular weight excluding hydrogens is 463 g/mol. The number of unbranched alkanes of at least 4 members (excludes halogenated alkanes) is 3. The second-order valence-corrected chi connectivity index (χ2v) is 8.57. The third-order valence-corrected chi connectivity index (χ3v) is 5.83. The molecule has 6 nitrogen and oxygen atoms in total. The van der Waals surface area contributed by atoms with Gasteiger partial charge in [-0.15, -0.1) is 0 Å². The van der Waals surface area contributed by atoms with Crippen molar-refractivity contribution in [2.45, 2.75) is 44.9 Å². The Morgan fingerprint density at radius 1 is 0.750 bits per heavy atom. The molecule has 7 heteroatoms. The van der Waals surface area contributed by atoms with Crippen LogP contribution in [0.4, 0.5) is 4.39 Å². The van der Waals surface area contributed by atoms with Gasteiger partial charge in [0.15, 0.2) is 5.78 Å². The van der Waals surface area contributed by atoms with Crippen molar-refractivity contribution in [3.63, 3.8) is 0 Å². The van der Waals surface area contributed by atoms with Gasteiger partial charge in [0.05, 0.1) is 12.2 Å². The van der Waals surface area contributed by atoms with E-state index in [1.165, 1.54) is 30.3 Å². The van der Waals surface area contributed by atoms with Gasteiger partial charge in [0.2, 0.25) is 0 Å². The van der Waals surface area contributed by atoms with E-state index in [1.54, 1.807) is 36.4 Å². The molecule has 3 aromatic rings. The van der Waals surface area contributed by atoms with E-state index in [-0.39, 0.29) is 35.6 Å². The average molecular weight is 493 g/mol. The number of carboxylic acid groups (broad SMARTS) is 2. The topological polar surface area (TPSA) is 101 Å². The van der Waals surface area contributed by atoms with Crippen LogP contribution < -0.4 is 4.74 Å². The Bertz CT molecular complexity index is 1200. The maximum Gasteiger partial charge on any atom is 0.335 e. The van der Waals surface area contributed by atoms with Crippen molar-refractivity contribution in [2.24, 2.45) is 0 Å². The first kappa shape index (κ1) is 26.6. The molecule has 0 bridgehead atoms. The van der Waals surface area contributed by atoms with Gasteiger partial charge in [0.25, 0.3) is 0 Å². The lowest BCUT2D eigenvalue weighted by molar-refractivity contribution is -0.136. The Kier molecular flexibility index (Phi) is 9.74. The SMILES string of the molecule is O=C(O)CCc1cc(C(=O)c2cccc(C(=O)O)c2)ccc1OCCCCCCc1ccc(F)cc1. The van der Waals surface area contributed by atoms with Crippen molar-refractivity contribution in [2.75, 3.05) is 6.61 Å². The van der Waals surface area contributed by atoms with Crippen molar-refractivity contribution >= 4 is 17.7 Å². The largest absolute Gasteiger partial charge is 0.493 e. The highest BCUT2D eigenvalue weighted by Gasteiger charge is 2.15. The molecule has 0 atom stereocenters. The summed E-state index contributed by atoms with van der Waals surface area (Å²) < 4.78 is 18.9. The van der Waals surface area contributed by atoms with Gasteiger partial charge in [-0.2, -0.15) is 0 Å². The van der Waals surface area contributed by atoms with E-state index >= 15 is 0 Å². The number of benzene rings is 3. The molecule has 2 N–H and O–H groups in total. The summed E-state index contributed by atoms with van der Waals surface area (Å²) in [6.07, 6.45) is 4.78. The van der Waals surface area contributed by atoms with Crippen LogP contribution in [0.3, 0.4) is 0 Å². The molecule has 188 valence electrons. The van der Waals surface area contributed by atoms with Gasteiger partial charge in [-0.1, -0.05) is 37.1 Å². The van der Waals surface area contributed by atoms with Gasteiger partial charge in [-0.3, -0.25) is 9.59 Å². The maximum absolute atomic E-state index is 13.0. The normalized spacial score (nSPS) is 10.7. The van der Waals surface area contributed by atoms with Crippen LogP contribution in [0.5, 0.6) is 5.75 Å². The first-order valence-electron chi connectivity index (χ1n) is 11.9. The molecule has 3 rings (SSSR count). The quantitative estimate of drug-likeness (QED) is 0.213. The summed E-state index contributed by atoms with van der Waals surface area (Å²) in [5, 5.41) is 18.3. The number of hydrogen-bond donors (Lipinski definition) is 2. The predicted molar refractivity (Wildman–Crippen MR) is 133 cm³/mol. The van der Waals surface area contributed by atoms with Crippen LogP contribution >= 0.6 is 0 Å². The second-order valence-electron chi connectivity index (χ2n) is 8.57. The molecule has 0 fully saturated rings. The molecule has 0 saturated heterocycles. The Labute approximate surface area is 209 Å². The van der Waals surface area contributed by atoms with Crippen LogP contribution in [0.25, 0.3) is 0 Å². The van der Waals surface area contributed by atoms with E-state index in [0.717, 1.165) is 37.7 Å². The van der Waals surface area contributed by atoms with Gasteiger partial charge >= 0.3 is 11.9 Å². The molecule has 0 aliphatic carbocycles. The van der Waals surface area contributed by atoms with Gasteiger partial charge in [-0.05, 0) is 79.3 Å². The summed E-state index contributed by atoms with van der Waals surface area (Å²) in [5.41, 5.74) is 2.33. The summed E-state index contributed by atoms with van der Waals surface area (Å²) in [5.74, 6) is -2.11. The Morgan fingerprint density at radius 3 is 2.17 bits per heavy atom. The first-order valence-corrected chi connectivity index (χ1v) is 11.9. The number of carbonyl (C=O) groups excluding carboxylic acids is 1. The number of aryl methyl sites for hydroxylation is 2. The fourth-order valence-corrected chi connectivity index (χ4v) is 3.88. The Morgan fingerprint density at radius 2 is 1.44 bits per heavy atom. The minimum atomic E-state index is -1.12. The van der Waals surface area contributed by atoms with Crippen LogP contribution in [0.15, 0.2) is 66.7 Å². The fourth-order valence-electron chi connectivity index (χ4n) is 3.88. The minimum absolute atomic E-state index is 0.0181. The molecule has 0 unspecified atom stereocenters.